The highest BCUT2D eigenvalue weighted by Crippen LogP contribution is 2.40. The van der Waals surface area contributed by atoms with Gasteiger partial charge in [0, 0.05) is 40.0 Å². The van der Waals surface area contributed by atoms with E-state index in [1.54, 1.807) is 14.1 Å². The molecule has 2 aliphatic carbocycles. The maximum absolute atomic E-state index is 13.5. The molecule has 0 aromatic heterocycles. The van der Waals surface area contributed by atoms with Gasteiger partial charge in [0.15, 0.2) is 12.6 Å². The van der Waals surface area contributed by atoms with E-state index in [0.717, 1.165) is 32.1 Å². The Kier molecular flexibility index (Phi) is 16.7. The lowest BCUT2D eigenvalue weighted by atomic mass is 9.75. The van der Waals surface area contributed by atoms with Gasteiger partial charge in [-0.05, 0) is 38.0 Å². The van der Waals surface area contributed by atoms with E-state index in [0.29, 0.717) is 19.3 Å². The van der Waals surface area contributed by atoms with Crippen molar-refractivity contribution in [2.24, 2.45) is 23.5 Å². The van der Waals surface area contributed by atoms with Gasteiger partial charge in [-0.25, -0.2) is 0 Å². The van der Waals surface area contributed by atoms with Gasteiger partial charge < -0.3 is 70.5 Å². The van der Waals surface area contributed by atoms with E-state index in [1.807, 2.05) is 6.92 Å². The van der Waals surface area contributed by atoms with Gasteiger partial charge in [0.2, 0.25) is 11.8 Å². The second-order valence-corrected chi connectivity index (χ2v) is 15.4. The molecule has 4 rings (SSSR count). The molecular weight excluding hydrogens is 696 g/mol. The monoisotopic (exact) mass is 760 g/mol. The van der Waals surface area contributed by atoms with Crippen LogP contribution in [-0.2, 0) is 38.1 Å². The zero-order chi connectivity index (χ0) is 39.0. The number of hydrogen-bond donors (Lipinski definition) is 8. The second-order valence-electron chi connectivity index (χ2n) is 15.4. The van der Waals surface area contributed by atoms with Gasteiger partial charge in [-0.15, -0.1) is 0 Å². The highest BCUT2D eigenvalue weighted by atomic mass is 16.7. The predicted octanol–water partition coefficient (Wildman–Crippen LogP) is -1.51. The molecule has 306 valence electrons. The first-order chi connectivity index (χ1) is 25.2. The summed E-state index contributed by atoms with van der Waals surface area (Å²) in [6.07, 6.45) is -8.44. The molecule has 2 aliphatic heterocycles. The Labute approximate surface area is 312 Å². The summed E-state index contributed by atoms with van der Waals surface area (Å²) >= 11 is 0. The number of aliphatic hydroxyl groups excluding tert-OH is 5. The molecule has 15 atom stereocenters. The summed E-state index contributed by atoms with van der Waals surface area (Å²) in [5, 5.41) is 59.2. The molecule has 2 saturated carbocycles. The van der Waals surface area contributed by atoms with Gasteiger partial charge in [-0.3, -0.25) is 14.4 Å². The number of carbonyl (C=O) groups is 3. The second kappa shape index (κ2) is 20.2. The van der Waals surface area contributed by atoms with Crippen LogP contribution in [0.5, 0.6) is 0 Å². The molecule has 0 radical (unpaired) electrons. The average molecular weight is 761 g/mol. The SMILES string of the molecule is CC[C@H]1CC(C(=O)NCCN)CC(O[C@@H]2O[C@H](CO)[C@H](O)[C@H](OC(CC3CCCCC3)C(=O)N(C)C)[C@H]2NC(C)=O)[C@@H]1OC1O[C@@H](C)[C@@H](O)[C@H](O)[C@@H]1O. The fourth-order valence-electron chi connectivity index (χ4n) is 8.20. The largest absolute Gasteiger partial charge is 0.394 e. The summed E-state index contributed by atoms with van der Waals surface area (Å²) in [6, 6.07) is -1.19. The Morgan fingerprint density at radius 2 is 1.62 bits per heavy atom. The Morgan fingerprint density at radius 1 is 0.925 bits per heavy atom. The van der Waals surface area contributed by atoms with Crippen molar-refractivity contribution in [2.45, 2.75) is 158 Å². The van der Waals surface area contributed by atoms with Gasteiger partial charge in [0.1, 0.15) is 48.8 Å². The topological polar surface area (TPSA) is 252 Å². The molecule has 0 aromatic carbocycles. The van der Waals surface area contributed by atoms with Crippen LogP contribution in [0.25, 0.3) is 0 Å². The third-order valence-electron chi connectivity index (χ3n) is 11.2. The van der Waals surface area contributed by atoms with E-state index in [1.165, 1.54) is 18.7 Å². The Bertz CT molecular complexity index is 1180. The van der Waals surface area contributed by atoms with Crippen molar-refractivity contribution in [3.63, 3.8) is 0 Å². The molecule has 2 heterocycles. The lowest BCUT2D eigenvalue weighted by molar-refractivity contribution is -0.338. The molecule has 4 unspecified atom stereocenters. The van der Waals surface area contributed by atoms with Crippen LogP contribution >= 0.6 is 0 Å². The van der Waals surface area contributed by atoms with E-state index >= 15 is 0 Å². The van der Waals surface area contributed by atoms with E-state index in [-0.39, 0.29) is 43.2 Å². The fourth-order valence-corrected chi connectivity index (χ4v) is 8.20. The van der Waals surface area contributed by atoms with E-state index in [4.69, 9.17) is 29.4 Å². The number of rotatable bonds is 15. The van der Waals surface area contributed by atoms with Crippen LogP contribution in [0, 0.1) is 17.8 Å². The van der Waals surface area contributed by atoms with Gasteiger partial charge in [-0.1, -0.05) is 45.4 Å². The number of ether oxygens (including phenoxy) is 5. The number of nitrogens with one attached hydrogen (secondary N) is 2. The number of likely N-dealkylation sites (N-methyl/N-ethyl adjacent to an activating group) is 1. The number of nitrogens with zero attached hydrogens (tertiary/aromatic N) is 1. The molecule has 0 spiro atoms. The van der Waals surface area contributed by atoms with Crippen LogP contribution in [0.4, 0.5) is 0 Å². The van der Waals surface area contributed by atoms with Gasteiger partial charge in [-0.2, -0.15) is 0 Å². The van der Waals surface area contributed by atoms with Crippen molar-refractivity contribution < 1.29 is 63.6 Å². The van der Waals surface area contributed by atoms with Crippen LogP contribution in [0.15, 0.2) is 0 Å². The molecule has 0 aromatic rings. The normalized spacial score (nSPS) is 38.8. The van der Waals surface area contributed by atoms with Crippen molar-refractivity contribution in [3.05, 3.63) is 0 Å². The molecule has 17 heteroatoms. The van der Waals surface area contributed by atoms with Crippen LogP contribution in [0.1, 0.15) is 78.6 Å². The number of nitrogens with two attached hydrogens (primary N) is 1. The maximum Gasteiger partial charge on any atom is 0.251 e. The molecule has 4 fully saturated rings. The van der Waals surface area contributed by atoms with Gasteiger partial charge in [0.25, 0.3) is 5.91 Å². The zero-order valence-electron chi connectivity index (χ0n) is 31.7. The summed E-state index contributed by atoms with van der Waals surface area (Å²) < 4.78 is 31.5. The fraction of sp³-hybridized carbons (Fsp3) is 0.917. The van der Waals surface area contributed by atoms with E-state index in [2.05, 4.69) is 10.6 Å². The Hall–Kier alpha value is -2.03. The number of carbonyl (C=O) groups excluding carboxylic acids is 3. The number of amides is 3. The summed E-state index contributed by atoms with van der Waals surface area (Å²) in [4.78, 5) is 41.0. The van der Waals surface area contributed by atoms with Crippen molar-refractivity contribution in [1.29, 1.82) is 0 Å². The molecule has 2 saturated heterocycles. The quantitative estimate of drug-likeness (QED) is 0.0946. The third-order valence-corrected chi connectivity index (χ3v) is 11.2. The van der Waals surface area contributed by atoms with Crippen molar-refractivity contribution in [3.8, 4) is 0 Å². The molecule has 3 amide bonds. The molecule has 17 nitrogen and oxygen atoms in total. The molecular formula is C36H64N4O13. The summed E-state index contributed by atoms with van der Waals surface area (Å²) in [5.74, 6) is -1.74. The minimum Gasteiger partial charge on any atom is -0.394 e. The summed E-state index contributed by atoms with van der Waals surface area (Å²) in [5.41, 5.74) is 5.65. The number of hydrogen-bond acceptors (Lipinski definition) is 14. The van der Waals surface area contributed by atoms with Crippen molar-refractivity contribution in [1.82, 2.24) is 15.5 Å². The van der Waals surface area contributed by atoms with Crippen LogP contribution in [-0.4, -0.2) is 162 Å². The molecule has 53 heavy (non-hydrogen) atoms. The molecule has 4 aliphatic rings. The molecule has 0 bridgehead atoms. The zero-order valence-corrected chi connectivity index (χ0v) is 31.7. The maximum atomic E-state index is 13.5. The van der Waals surface area contributed by atoms with Crippen LogP contribution < -0.4 is 16.4 Å². The smallest absolute Gasteiger partial charge is 0.251 e. The first kappa shape index (κ1) is 43.7. The minimum absolute atomic E-state index is 0.0923. The van der Waals surface area contributed by atoms with Crippen LogP contribution in [0.2, 0.25) is 0 Å². The minimum atomic E-state index is -1.61. The summed E-state index contributed by atoms with van der Waals surface area (Å²) in [7, 11) is 3.24. The van der Waals surface area contributed by atoms with Gasteiger partial charge in [0.05, 0.1) is 24.9 Å². The Morgan fingerprint density at radius 3 is 2.23 bits per heavy atom. The lowest BCUT2D eigenvalue weighted by Gasteiger charge is -2.49. The average Bonchev–Trinajstić information content (AvgIpc) is 3.14. The first-order valence-electron chi connectivity index (χ1n) is 19.3. The first-order valence-corrected chi connectivity index (χ1v) is 19.3. The highest BCUT2D eigenvalue weighted by molar-refractivity contribution is 5.80. The van der Waals surface area contributed by atoms with Crippen molar-refractivity contribution in [2.75, 3.05) is 33.8 Å². The van der Waals surface area contributed by atoms with Gasteiger partial charge >= 0.3 is 0 Å². The van der Waals surface area contributed by atoms with Crippen LogP contribution in [0.3, 0.4) is 0 Å². The Balaban J connectivity index is 1.69. The van der Waals surface area contributed by atoms with Crippen molar-refractivity contribution >= 4 is 17.7 Å². The van der Waals surface area contributed by atoms with E-state index < -0.39 is 98.1 Å². The standard InChI is InChI=1S/C36H64N4O13/c1-6-21-15-22(33(47)38-13-12-37)16-23(31(21)53-36-30(46)29(45)27(43)18(2)49-36)51-35-26(39-19(3)42)32(28(44)25(17-41)52-35)50-24(34(48)40(4)5)14-20-10-8-7-9-11-20/h18,20-32,35-36,41,43-46H,6-17,37H2,1-5H3,(H,38,47)(H,39,42)/t18-,21-,22?,23?,24?,25+,26+,27+,28-,29-,30-,31+,32+,35+,36?/m0/s1. The third kappa shape index (κ3) is 11.1. The molecule has 9 N–H and O–H groups in total. The highest BCUT2D eigenvalue weighted by Gasteiger charge is 2.53. The number of aliphatic hydroxyl groups is 5. The lowest BCUT2D eigenvalue weighted by Crippen LogP contribution is -2.67. The van der Waals surface area contributed by atoms with E-state index in [9.17, 15) is 39.9 Å². The predicted molar refractivity (Wildman–Crippen MR) is 189 cm³/mol. The summed E-state index contributed by atoms with van der Waals surface area (Å²) in [6.45, 7) is 4.58.